The summed E-state index contributed by atoms with van der Waals surface area (Å²) in [4.78, 5) is 14.3. The summed E-state index contributed by atoms with van der Waals surface area (Å²) in [5, 5.41) is 0.302. The molecule has 3 nitrogen and oxygen atoms in total. The normalized spacial score (nSPS) is 17.7. The van der Waals surface area contributed by atoms with Crippen LogP contribution in [-0.4, -0.2) is 21.9 Å². The summed E-state index contributed by atoms with van der Waals surface area (Å²) in [6.07, 6.45) is 2.01. The molecule has 0 fully saturated rings. The molecule has 0 bridgehead atoms. The highest BCUT2D eigenvalue weighted by atomic mass is 35.5. The molecule has 1 atom stereocenters. The first-order chi connectivity index (χ1) is 10.1. The van der Waals surface area contributed by atoms with Gasteiger partial charge in [-0.25, -0.2) is 4.39 Å². The average Bonchev–Trinajstić information content (AvgIpc) is 2.92. The maximum absolute atomic E-state index is 13.8. The number of carbonyl (C=O) groups is 1. The summed E-state index contributed by atoms with van der Waals surface area (Å²) >= 11 is 6.00. The number of fused-ring (bicyclic) bond motifs is 1. The van der Waals surface area contributed by atoms with E-state index in [2.05, 4.69) is 4.57 Å². The minimum atomic E-state index is -0.427. The SMILES string of the molecule is C[C@H]1c2cccn2CCN1C(=O)Cc1c(F)cccc1Cl. The Bertz CT molecular complexity index is 662. The van der Waals surface area contributed by atoms with Crippen molar-refractivity contribution in [1.29, 1.82) is 0 Å². The molecule has 0 saturated heterocycles. The van der Waals surface area contributed by atoms with E-state index < -0.39 is 5.82 Å². The molecule has 21 heavy (non-hydrogen) atoms. The molecule has 110 valence electrons. The molecule has 0 unspecified atom stereocenters. The molecule has 0 radical (unpaired) electrons. The first kappa shape index (κ1) is 14.1. The number of halogens is 2. The van der Waals surface area contributed by atoms with Crippen LogP contribution in [-0.2, 0) is 17.8 Å². The number of hydrogen-bond acceptors (Lipinski definition) is 1. The van der Waals surface area contributed by atoms with Crippen molar-refractivity contribution in [3.05, 3.63) is 58.6 Å². The molecule has 1 aliphatic heterocycles. The van der Waals surface area contributed by atoms with Crippen LogP contribution in [0.2, 0.25) is 5.02 Å². The highest BCUT2D eigenvalue weighted by Crippen LogP contribution is 2.27. The lowest BCUT2D eigenvalue weighted by atomic mass is 10.1. The van der Waals surface area contributed by atoms with Crippen LogP contribution in [0.25, 0.3) is 0 Å². The summed E-state index contributed by atoms with van der Waals surface area (Å²) < 4.78 is 15.9. The average molecular weight is 307 g/mol. The van der Waals surface area contributed by atoms with Crippen molar-refractivity contribution in [2.75, 3.05) is 6.54 Å². The minimum Gasteiger partial charge on any atom is -0.348 e. The molecule has 0 saturated carbocycles. The molecule has 5 heteroatoms. The number of rotatable bonds is 2. The van der Waals surface area contributed by atoms with Gasteiger partial charge in [0.25, 0.3) is 0 Å². The zero-order valence-corrected chi connectivity index (χ0v) is 12.5. The third kappa shape index (κ3) is 2.56. The fourth-order valence-corrected chi connectivity index (χ4v) is 3.10. The van der Waals surface area contributed by atoms with Gasteiger partial charge in [0.05, 0.1) is 12.5 Å². The summed E-state index contributed by atoms with van der Waals surface area (Å²) in [5.41, 5.74) is 1.38. The van der Waals surface area contributed by atoms with Gasteiger partial charge in [-0.15, -0.1) is 0 Å². The molecule has 0 aliphatic carbocycles. The second-order valence-electron chi connectivity index (χ2n) is 5.27. The van der Waals surface area contributed by atoms with E-state index in [0.717, 1.165) is 12.2 Å². The Hall–Kier alpha value is -1.81. The van der Waals surface area contributed by atoms with Crippen LogP contribution in [0.3, 0.4) is 0 Å². The zero-order chi connectivity index (χ0) is 15.0. The van der Waals surface area contributed by atoms with Gasteiger partial charge in [-0.1, -0.05) is 17.7 Å². The fourth-order valence-electron chi connectivity index (χ4n) is 2.87. The predicted molar refractivity (Wildman–Crippen MR) is 79.7 cm³/mol. The number of amides is 1. The third-order valence-electron chi connectivity index (χ3n) is 4.05. The molecule has 3 rings (SSSR count). The smallest absolute Gasteiger partial charge is 0.227 e. The summed E-state index contributed by atoms with van der Waals surface area (Å²) in [5.74, 6) is -0.522. The van der Waals surface area contributed by atoms with Gasteiger partial charge in [0, 0.05) is 35.6 Å². The van der Waals surface area contributed by atoms with Crippen LogP contribution in [0.5, 0.6) is 0 Å². The zero-order valence-electron chi connectivity index (χ0n) is 11.7. The van der Waals surface area contributed by atoms with E-state index in [1.807, 2.05) is 25.3 Å². The van der Waals surface area contributed by atoms with Crippen LogP contribution < -0.4 is 0 Å². The van der Waals surface area contributed by atoms with Crippen LogP contribution in [0, 0.1) is 5.82 Å². The Morgan fingerprint density at radius 3 is 2.90 bits per heavy atom. The quantitative estimate of drug-likeness (QED) is 0.834. The monoisotopic (exact) mass is 306 g/mol. The van der Waals surface area contributed by atoms with E-state index in [1.165, 1.54) is 6.07 Å². The second kappa shape index (κ2) is 5.53. The van der Waals surface area contributed by atoms with Crippen molar-refractivity contribution in [3.63, 3.8) is 0 Å². The second-order valence-corrected chi connectivity index (χ2v) is 5.67. The summed E-state index contributed by atoms with van der Waals surface area (Å²) in [6.45, 7) is 3.39. The molecular weight excluding hydrogens is 291 g/mol. The first-order valence-corrected chi connectivity index (χ1v) is 7.33. The molecule has 1 amide bonds. The lowest BCUT2D eigenvalue weighted by Gasteiger charge is -2.35. The van der Waals surface area contributed by atoms with Gasteiger partial charge in [-0.05, 0) is 31.2 Å². The van der Waals surface area contributed by atoms with E-state index in [9.17, 15) is 9.18 Å². The highest BCUT2D eigenvalue weighted by Gasteiger charge is 2.28. The van der Waals surface area contributed by atoms with Gasteiger partial charge >= 0.3 is 0 Å². The Labute approximate surface area is 127 Å². The van der Waals surface area contributed by atoms with Gasteiger partial charge in [0.1, 0.15) is 5.82 Å². The molecule has 1 aromatic heterocycles. The van der Waals surface area contributed by atoms with Crippen LogP contribution >= 0.6 is 11.6 Å². The largest absolute Gasteiger partial charge is 0.348 e. The first-order valence-electron chi connectivity index (χ1n) is 6.95. The predicted octanol–water partition coefficient (Wildman–Crippen LogP) is 3.43. The molecule has 1 aliphatic rings. The molecule has 0 spiro atoms. The van der Waals surface area contributed by atoms with Crippen molar-refractivity contribution in [2.24, 2.45) is 0 Å². The summed E-state index contributed by atoms with van der Waals surface area (Å²) in [7, 11) is 0. The van der Waals surface area contributed by atoms with Gasteiger partial charge < -0.3 is 9.47 Å². The molecule has 2 aromatic rings. The molecule has 2 heterocycles. The van der Waals surface area contributed by atoms with Crippen LogP contribution in [0.1, 0.15) is 24.2 Å². The lowest BCUT2D eigenvalue weighted by Crippen LogP contribution is -2.41. The Kier molecular flexibility index (Phi) is 3.72. The number of aromatic nitrogens is 1. The molecule has 1 aromatic carbocycles. The van der Waals surface area contributed by atoms with E-state index in [0.29, 0.717) is 11.6 Å². The number of nitrogens with zero attached hydrogens (tertiary/aromatic N) is 2. The topological polar surface area (TPSA) is 25.2 Å². The Balaban J connectivity index is 1.81. The van der Waals surface area contributed by atoms with Crippen LogP contribution in [0.15, 0.2) is 36.5 Å². The van der Waals surface area contributed by atoms with E-state index >= 15 is 0 Å². The van der Waals surface area contributed by atoms with Crippen LogP contribution in [0.4, 0.5) is 4.39 Å². The van der Waals surface area contributed by atoms with Crippen molar-refractivity contribution in [3.8, 4) is 0 Å². The van der Waals surface area contributed by atoms with E-state index in [-0.39, 0.29) is 23.9 Å². The Morgan fingerprint density at radius 1 is 1.33 bits per heavy atom. The van der Waals surface area contributed by atoms with E-state index in [4.69, 9.17) is 11.6 Å². The van der Waals surface area contributed by atoms with Crippen molar-refractivity contribution < 1.29 is 9.18 Å². The fraction of sp³-hybridized carbons (Fsp3) is 0.312. The van der Waals surface area contributed by atoms with Gasteiger partial charge in [-0.2, -0.15) is 0 Å². The number of carbonyl (C=O) groups excluding carboxylic acids is 1. The lowest BCUT2D eigenvalue weighted by molar-refractivity contribution is -0.133. The van der Waals surface area contributed by atoms with Crippen molar-refractivity contribution >= 4 is 17.5 Å². The van der Waals surface area contributed by atoms with Gasteiger partial charge in [-0.3, -0.25) is 4.79 Å². The number of benzene rings is 1. The Morgan fingerprint density at radius 2 is 2.14 bits per heavy atom. The van der Waals surface area contributed by atoms with Gasteiger partial charge in [0.2, 0.25) is 5.91 Å². The molecular formula is C16H16ClFN2O. The maximum atomic E-state index is 13.8. The molecule has 0 N–H and O–H groups in total. The minimum absolute atomic E-state index is 0.00342. The standard InChI is InChI=1S/C16H16ClFN2O/c1-11-15-6-3-7-19(15)8-9-20(11)16(21)10-12-13(17)4-2-5-14(12)18/h2-7,11H,8-10H2,1H3/t11-/m0/s1. The van der Waals surface area contributed by atoms with Crippen molar-refractivity contribution in [2.45, 2.75) is 25.9 Å². The van der Waals surface area contributed by atoms with Gasteiger partial charge in [0.15, 0.2) is 0 Å². The third-order valence-corrected chi connectivity index (χ3v) is 4.41. The number of hydrogen-bond donors (Lipinski definition) is 0. The van der Waals surface area contributed by atoms with Crippen molar-refractivity contribution in [1.82, 2.24) is 9.47 Å². The van der Waals surface area contributed by atoms with E-state index in [1.54, 1.807) is 17.0 Å². The summed E-state index contributed by atoms with van der Waals surface area (Å²) in [6, 6.07) is 8.47. The maximum Gasteiger partial charge on any atom is 0.227 e. The highest BCUT2D eigenvalue weighted by molar-refractivity contribution is 6.31.